The lowest BCUT2D eigenvalue weighted by Crippen LogP contribution is -2.36. The molecule has 3 aromatic rings. The van der Waals surface area contributed by atoms with E-state index in [-0.39, 0.29) is 24.0 Å². The summed E-state index contributed by atoms with van der Waals surface area (Å²) in [6.07, 6.45) is 3.25. The van der Waals surface area contributed by atoms with Crippen LogP contribution in [0.2, 0.25) is 0 Å². The largest absolute Gasteiger partial charge is 0.453 e. The van der Waals surface area contributed by atoms with Gasteiger partial charge in [0.1, 0.15) is 0 Å². The van der Waals surface area contributed by atoms with Crippen molar-refractivity contribution < 1.29 is 9.53 Å². The molecule has 8 nitrogen and oxygen atoms in total. The Balaban J connectivity index is 0.00000341. The Bertz CT molecular complexity index is 974. The predicted octanol–water partition coefficient (Wildman–Crippen LogP) is 3.59. The minimum Gasteiger partial charge on any atom is -0.453 e. The van der Waals surface area contributed by atoms with Crippen molar-refractivity contribution in [2.75, 3.05) is 19.5 Å². The third kappa shape index (κ3) is 7.59. The lowest BCUT2D eigenvalue weighted by molar-refractivity contribution is 0.187. The number of rotatable bonds is 7. The first-order chi connectivity index (χ1) is 14.7. The average molecular weight is 534 g/mol. The highest BCUT2D eigenvalue weighted by Gasteiger charge is 2.05. The van der Waals surface area contributed by atoms with E-state index >= 15 is 0 Å². The van der Waals surface area contributed by atoms with Crippen LogP contribution in [0.3, 0.4) is 0 Å². The van der Waals surface area contributed by atoms with Gasteiger partial charge in [-0.15, -0.1) is 24.0 Å². The summed E-state index contributed by atoms with van der Waals surface area (Å²) in [5.74, 6) is 0.709. The Labute approximate surface area is 199 Å². The molecule has 1 heterocycles. The fraction of sp³-hybridized carbons (Fsp3) is 0.227. The number of nitrogens with one attached hydrogen (secondary N) is 3. The van der Waals surface area contributed by atoms with Crippen molar-refractivity contribution in [3.05, 3.63) is 83.7 Å². The molecule has 2 aromatic carbocycles. The van der Waals surface area contributed by atoms with Gasteiger partial charge in [0.15, 0.2) is 5.96 Å². The average Bonchev–Trinajstić information content (AvgIpc) is 3.29. The summed E-state index contributed by atoms with van der Waals surface area (Å²) in [7, 11) is 3.08. The first-order valence-electron chi connectivity index (χ1n) is 9.60. The van der Waals surface area contributed by atoms with Crippen molar-refractivity contribution in [1.29, 1.82) is 0 Å². The molecule has 3 N–H and O–H groups in total. The summed E-state index contributed by atoms with van der Waals surface area (Å²) in [6, 6.07) is 17.7. The van der Waals surface area contributed by atoms with Gasteiger partial charge in [-0.25, -0.2) is 4.79 Å². The fourth-order valence-electron chi connectivity index (χ4n) is 2.91. The van der Waals surface area contributed by atoms with Crippen LogP contribution in [0.25, 0.3) is 0 Å². The van der Waals surface area contributed by atoms with Crippen molar-refractivity contribution in [2.45, 2.75) is 19.6 Å². The maximum atomic E-state index is 11.2. The summed E-state index contributed by atoms with van der Waals surface area (Å²) >= 11 is 0. The topological polar surface area (TPSA) is 92.6 Å². The summed E-state index contributed by atoms with van der Waals surface area (Å²) in [6.45, 7) is 1.98. The van der Waals surface area contributed by atoms with Crippen LogP contribution in [0, 0.1) is 0 Å². The number of ether oxygens (including phenoxy) is 1. The zero-order chi connectivity index (χ0) is 21.2. The third-order valence-corrected chi connectivity index (χ3v) is 4.53. The molecule has 0 aliphatic rings. The molecule has 0 atom stereocenters. The molecule has 0 fully saturated rings. The van der Waals surface area contributed by atoms with Gasteiger partial charge < -0.3 is 15.4 Å². The molecular formula is C22H27IN6O2. The first-order valence-corrected chi connectivity index (χ1v) is 9.60. The molecule has 0 saturated carbocycles. The van der Waals surface area contributed by atoms with Crippen LogP contribution in [0.15, 0.2) is 72.0 Å². The van der Waals surface area contributed by atoms with E-state index in [2.05, 4.69) is 42.9 Å². The number of carbonyl (C=O) groups is 1. The van der Waals surface area contributed by atoms with Crippen molar-refractivity contribution in [3.8, 4) is 0 Å². The first kappa shape index (κ1) is 24.2. The van der Waals surface area contributed by atoms with E-state index in [0.717, 1.165) is 12.1 Å². The second-order valence-electron chi connectivity index (χ2n) is 6.57. The number of hydrogen-bond donors (Lipinski definition) is 3. The van der Waals surface area contributed by atoms with E-state index in [9.17, 15) is 4.79 Å². The van der Waals surface area contributed by atoms with Crippen molar-refractivity contribution in [1.82, 2.24) is 20.4 Å². The number of nitrogens with zero attached hydrogens (tertiary/aromatic N) is 3. The highest BCUT2D eigenvalue weighted by molar-refractivity contribution is 14.0. The van der Waals surface area contributed by atoms with Gasteiger partial charge in [0.2, 0.25) is 0 Å². The standard InChI is InChI=1S/C22H26N6O2.HI/c1-23-21(24-14-17-8-10-20(11-9-17)27-22(29)30-2)25-15-18-6-3-4-7-19(18)16-28-13-5-12-26-28;/h3-13H,14-16H2,1-2H3,(H,27,29)(H2,23,24,25);1H. The molecule has 0 radical (unpaired) electrons. The van der Waals surface area contributed by atoms with Gasteiger partial charge in [-0.2, -0.15) is 5.10 Å². The van der Waals surface area contributed by atoms with E-state index < -0.39 is 6.09 Å². The molecule has 0 spiro atoms. The molecule has 0 saturated heterocycles. The third-order valence-electron chi connectivity index (χ3n) is 4.53. The maximum Gasteiger partial charge on any atom is 0.411 e. The van der Waals surface area contributed by atoms with Gasteiger partial charge in [-0.05, 0) is 34.9 Å². The number of aromatic nitrogens is 2. The Morgan fingerprint density at radius 2 is 1.74 bits per heavy atom. The van der Waals surface area contributed by atoms with Crippen LogP contribution in [0.1, 0.15) is 16.7 Å². The minimum atomic E-state index is -0.488. The van der Waals surface area contributed by atoms with Crippen molar-refractivity contribution in [3.63, 3.8) is 0 Å². The predicted molar refractivity (Wildman–Crippen MR) is 133 cm³/mol. The molecule has 0 aliphatic heterocycles. The van der Waals surface area contributed by atoms with E-state index in [4.69, 9.17) is 0 Å². The Morgan fingerprint density at radius 3 is 2.39 bits per heavy atom. The number of guanidine groups is 1. The quantitative estimate of drug-likeness (QED) is 0.245. The monoisotopic (exact) mass is 534 g/mol. The van der Waals surface area contributed by atoms with Crippen molar-refractivity contribution >= 4 is 41.7 Å². The minimum absolute atomic E-state index is 0. The number of hydrogen-bond acceptors (Lipinski definition) is 4. The lowest BCUT2D eigenvalue weighted by Gasteiger charge is -2.15. The van der Waals surface area contributed by atoms with Gasteiger partial charge >= 0.3 is 6.09 Å². The number of amides is 1. The molecule has 0 unspecified atom stereocenters. The number of methoxy groups -OCH3 is 1. The second kappa shape index (κ2) is 12.6. The zero-order valence-electron chi connectivity index (χ0n) is 17.5. The summed E-state index contributed by atoms with van der Waals surface area (Å²) in [5, 5.41) is 13.6. The van der Waals surface area contributed by atoms with Gasteiger partial charge in [0.05, 0.1) is 13.7 Å². The maximum absolute atomic E-state index is 11.2. The molecule has 3 rings (SSSR count). The van der Waals surface area contributed by atoms with Gasteiger partial charge in [-0.1, -0.05) is 36.4 Å². The van der Waals surface area contributed by atoms with E-state index in [1.165, 1.54) is 18.2 Å². The Kier molecular flexibility index (Phi) is 9.82. The SMILES string of the molecule is CN=C(NCc1ccc(NC(=O)OC)cc1)NCc1ccccc1Cn1cccn1.I. The molecule has 9 heteroatoms. The molecule has 164 valence electrons. The van der Waals surface area contributed by atoms with Gasteiger partial charge in [0, 0.05) is 38.2 Å². The number of anilines is 1. The van der Waals surface area contributed by atoms with E-state index in [1.807, 2.05) is 53.3 Å². The highest BCUT2D eigenvalue weighted by Crippen LogP contribution is 2.11. The smallest absolute Gasteiger partial charge is 0.411 e. The second-order valence-corrected chi connectivity index (χ2v) is 6.57. The number of benzene rings is 2. The van der Waals surface area contributed by atoms with Crippen LogP contribution in [-0.2, 0) is 24.4 Å². The van der Waals surface area contributed by atoms with Crippen LogP contribution in [0.5, 0.6) is 0 Å². The Hall–Kier alpha value is -3.08. The van der Waals surface area contributed by atoms with Gasteiger partial charge in [0.25, 0.3) is 0 Å². The summed E-state index contributed by atoms with van der Waals surface area (Å²) < 4.78 is 6.49. The number of aliphatic imine (C=N–C) groups is 1. The number of halogens is 1. The zero-order valence-corrected chi connectivity index (χ0v) is 19.9. The Morgan fingerprint density at radius 1 is 1.03 bits per heavy atom. The molecule has 0 aliphatic carbocycles. The summed E-state index contributed by atoms with van der Waals surface area (Å²) in [4.78, 5) is 15.5. The van der Waals surface area contributed by atoms with Crippen LogP contribution in [0.4, 0.5) is 10.5 Å². The van der Waals surface area contributed by atoms with Crippen molar-refractivity contribution in [2.24, 2.45) is 4.99 Å². The lowest BCUT2D eigenvalue weighted by atomic mass is 10.1. The highest BCUT2D eigenvalue weighted by atomic mass is 127. The van der Waals surface area contributed by atoms with E-state index in [1.54, 1.807) is 13.2 Å². The van der Waals surface area contributed by atoms with Crippen LogP contribution >= 0.6 is 24.0 Å². The summed E-state index contributed by atoms with van der Waals surface area (Å²) in [5.41, 5.74) is 4.14. The molecular weight excluding hydrogens is 507 g/mol. The normalized spacial score (nSPS) is 10.7. The number of carbonyl (C=O) groups excluding carboxylic acids is 1. The van der Waals surface area contributed by atoms with Crippen LogP contribution < -0.4 is 16.0 Å². The molecule has 0 bridgehead atoms. The van der Waals surface area contributed by atoms with E-state index in [0.29, 0.717) is 24.7 Å². The fourth-order valence-corrected chi connectivity index (χ4v) is 2.91. The van der Waals surface area contributed by atoms with Crippen LogP contribution in [-0.4, -0.2) is 36.0 Å². The van der Waals surface area contributed by atoms with Gasteiger partial charge in [-0.3, -0.25) is 15.0 Å². The molecule has 31 heavy (non-hydrogen) atoms. The molecule has 1 amide bonds. The molecule has 1 aromatic heterocycles.